The van der Waals surface area contributed by atoms with E-state index in [1.165, 1.54) is 11.8 Å². The first-order valence-corrected chi connectivity index (χ1v) is 8.01. The molecule has 2 aromatic carbocycles. The van der Waals surface area contributed by atoms with Crippen molar-refractivity contribution in [3.63, 3.8) is 0 Å². The molecule has 1 aromatic heterocycles. The van der Waals surface area contributed by atoms with Crippen LogP contribution in [0.1, 0.15) is 22.3 Å². The van der Waals surface area contributed by atoms with Gasteiger partial charge in [-0.05, 0) is 42.7 Å². The minimum Gasteiger partial charge on any atom is -0.385 e. The number of aromatic amines is 1. The summed E-state index contributed by atoms with van der Waals surface area (Å²) in [5.41, 5.74) is 3.55. The van der Waals surface area contributed by atoms with E-state index in [9.17, 15) is 9.59 Å². The molecule has 5 nitrogen and oxygen atoms in total. The average Bonchev–Trinajstić information content (AvgIpc) is 2.62. The van der Waals surface area contributed by atoms with E-state index >= 15 is 0 Å². The van der Waals surface area contributed by atoms with E-state index in [4.69, 9.17) is 0 Å². The minimum atomic E-state index is -0.405. The Morgan fingerprint density at radius 1 is 1.12 bits per heavy atom. The van der Waals surface area contributed by atoms with Crippen molar-refractivity contribution >= 4 is 28.2 Å². The van der Waals surface area contributed by atoms with Crippen LogP contribution in [0.3, 0.4) is 0 Å². The van der Waals surface area contributed by atoms with E-state index < -0.39 is 5.91 Å². The minimum absolute atomic E-state index is 0.111. The summed E-state index contributed by atoms with van der Waals surface area (Å²) in [5, 5.41) is 6.66. The standard InChI is InChI=1S/C19H17N3O2/c23-18-14-5-1-2-6-16(14)21-11-15(18)19(24)22-13-8-7-12-4-3-9-20-17(12)10-13/h1-2,5-8,10-11,20H,3-4,9H2,(H,21,23)(H,22,24). The number of aromatic nitrogens is 1. The summed E-state index contributed by atoms with van der Waals surface area (Å²) in [5.74, 6) is -0.405. The number of benzene rings is 2. The number of aryl methyl sites for hydroxylation is 1. The lowest BCUT2D eigenvalue weighted by atomic mass is 10.0. The van der Waals surface area contributed by atoms with Crippen LogP contribution in [0.5, 0.6) is 0 Å². The molecule has 1 amide bonds. The maximum atomic E-state index is 12.5. The second kappa shape index (κ2) is 5.85. The molecule has 1 aliphatic heterocycles. The van der Waals surface area contributed by atoms with Gasteiger partial charge in [-0.25, -0.2) is 0 Å². The molecule has 4 rings (SSSR count). The molecule has 24 heavy (non-hydrogen) atoms. The van der Waals surface area contributed by atoms with Gasteiger partial charge in [0, 0.05) is 35.0 Å². The van der Waals surface area contributed by atoms with Crippen LogP contribution in [0.2, 0.25) is 0 Å². The van der Waals surface area contributed by atoms with Gasteiger partial charge in [0.2, 0.25) is 5.43 Å². The second-order valence-electron chi connectivity index (χ2n) is 5.93. The summed E-state index contributed by atoms with van der Waals surface area (Å²) >= 11 is 0. The fourth-order valence-corrected chi connectivity index (χ4v) is 3.07. The predicted octanol–water partition coefficient (Wildman–Crippen LogP) is 3.14. The number of para-hydroxylation sites is 1. The number of fused-ring (bicyclic) bond motifs is 2. The van der Waals surface area contributed by atoms with E-state index in [2.05, 4.69) is 15.6 Å². The number of hydrogen-bond donors (Lipinski definition) is 3. The zero-order valence-corrected chi connectivity index (χ0v) is 13.1. The van der Waals surface area contributed by atoms with Gasteiger partial charge in [0.1, 0.15) is 5.56 Å². The number of anilines is 2. The number of carbonyl (C=O) groups excluding carboxylic acids is 1. The van der Waals surface area contributed by atoms with Crippen LogP contribution < -0.4 is 16.1 Å². The summed E-state index contributed by atoms with van der Waals surface area (Å²) < 4.78 is 0. The molecule has 0 unspecified atom stereocenters. The molecule has 3 N–H and O–H groups in total. The first-order chi connectivity index (χ1) is 11.7. The molecule has 2 heterocycles. The van der Waals surface area contributed by atoms with Crippen LogP contribution in [-0.2, 0) is 6.42 Å². The molecule has 0 atom stereocenters. The maximum absolute atomic E-state index is 12.5. The van der Waals surface area contributed by atoms with E-state index in [1.807, 2.05) is 30.3 Å². The average molecular weight is 319 g/mol. The summed E-state index contributed by atoms with van der Waals surface area (Å²) in [6.07, 6.45) is 3.63. The number of H-pyrrole nitrogens is 1. The SMILES string of the molecule is O=C(Nc1ccc2c(c1)NCCC2)c1c[nH]c2ccccc2c1=O. The lowest BCUT2D eigenvalue weighted by Gasteiger charge is -2.18. The number of amides is 1. The Morgan fingerprint density at radius 2 is 2.00 bits per heavy atom. The highest BCUT2D eigenvalue weighted by Crippen LogP contribution is 2.25. The normalized spacial score (nSPS) is 13.2. The molecular formula is C19H17N3O2. The lowest BCUT2D eigenvalue weighted by Crippen LogP contribution is -2.22. The van der Waals surface area contributed by atoms with Gasteiger partial charge >= 0.3 is 0 Å². The summed E-state index contributed by atoms with van der Waals surface area (Å²) in [4.78, 5) is 28.0. The Balaban J connectivity index is 1.65. The largest absolute Gasteiger partial charge is 0.385 e. The highest BCUT2D eigenvalue weighted by Gasteiger charge is 2.14. The lowest BCUT2D eigenvalue weighted by molar-refractivity contribution is 0.102. The Morgan fingerprint density at radius 3 is 2.92 bits per heavy atom. The number of nitrogens with one attached hydrogen (secondary N) is 3. The molecule has 0 radical (unpaired) electrons. The van der Waals surface area contributed by atoms with Gasteiger partial charge in [-0.2, -0.15) is 0 Å². The van der Waals surface area contributed by atoms with Crippen LogP contribution in [0.25, 0.3) is 10.9 Å². The van der Waals surface area contributed by atoms with Crippen molar-refractivity contribution in [3.05, 3.63) is 70.0 Å². The van der Waals surface area contributed by atoms with Crippen molar-refractivity contribution in [1.29, 1.82) is 0 Å². The Kier molecular flexibility index (Phi) is 3.54. The third-order valence-electron chi connectivity index (χ3n) is 4.34. The van der Waals surface area contributed by atoms with E-state index in [0.717, 1.165) is 30.6 Å². The molecular weight excluding hydrogens is 302 g/mol. The highest BCUT2D eigenvalue weighted by molar-refractivity contribution is 6.05. The van der Waals surface area contributed by atoms with E-state index in [0.29, 0.717) is 11.1 Å². The smallest absolute Gasteiger partial charge is 0.261 e. The monoisotopic (exact) mass is 319 g/mol. The van der Waals surface area contributed by atoms with Gasteiger partial charge in [-0.3, -0.25) is 9.59 Å². The molecule has 0 bridgehead atoms. The van der Waals surface area contributed by atoms with Crippen LogP contribution in [-0.4, -0.2) is 17.4 Å². The van der Waals surface area contributed by atoms with Crippen molar-refractivity contribution < 1.29 is 4.79 Å². The van der Waals surface area contributed by atoms with Crippen LogP contribution in [0.15, 0.2) is 53.5 Å². The summed E-state index contributed by atoms with van der Waals surface area (Å²) in [7, 11) is 0. The van der Waals surface area contributed by atoms with Gasteiger partial charge in [0.15, 0.2) is 0 Å². The molecule has 0 spiro atoms. The molecule has 0 saturated carbocycles. The van der Waals surface area contributed by atoms with Crippen molar-refractivity contribution in [1.82, 2.24) is 4.98 Å². The summed E-state index contributed by atoms with van der Waals surface area (Å²) in [6, 6.07) is 13.0. The molecule has 5 heteroatoms. The molecule has 0 saturated heterocycles. The molecule has 0 aliphatic carbocycles. The number of rotatable bonds is 2. The molecule has 1 aliphatic rings. The molecule has 120 valence electrons. The summed E-state index contributed by atoms with van der Waals surface area (Å²) in [6.45, 7) is 0.939. The topological polar surface area (TPSA) is 74.0 Å². The molecule has 3 aromatic rings. The van der Waals surface area contributed by atoms with Gasteiger partial charge in [-0.1, -0.05) is 18.2 Å². The van der Waals surface area contributed by atoms with Gasteiger partial charge in [0.25, 0.3) is 5.91 Å². The number of pyridine rings is 1. The zero-order chi connectivity index (χ0) is 16.5. The Bertz CT molecular complexity index is 991. The van der Waals surface area contributed by atoms with Crippen molar-refractivity contribution in [3.8, 4) is 0 Å². The van der Waals surface area contributed by atoms with E-state index in [-0.39, 0.29) is 11.0 Å². The quantitative estimate of drug-likeness (QED) is 0.679. The van der Waals surface area contributed by atoms with Crippen molar-refractivity contribution in [2.75, 3.05) is 17.2 Å². The third-order valence-corrected chi connectivity index (χ3v) is 4.34. The van der Waals surface area contributed by atoms with Crippen LogP contribution in [0.4, 0.5) is 11.4 Å². The Labute approximate surface area is 138 Å². The number of carbonyl (C=O) groups is 1. The fraction of sp³-hybridized carbons (Fsp3) is 0.158. The Hall–Kier alpha value is -3.08. The fourth-order valence-electron chi connectivity index (χ4n) is 3.07. The molecule has 0 fully saturated rings. The van der Waals surface area contributed by atoms with Crippen LogP contribution >= 0.6 is 0 Å². The van der Waals surface area contributed by atoms with Crippen molar-refractivity contribution in [2.24, 2.45) is 0 Å². The van der Waals surface area contributed by atoms with Gasteiger partial charge in [-0.15, -0.1) is 0 Å². The third kappa shape index (κ3) is 2.54. The van der Waals surface area contributed by atoms with Crippen molar-refractivity contribution in [2.45, 2.75) is 12.8 Å². The predicted molar refractivity (Wildman–Crippen MR) is 95.8 cm³/mol. The zero-order valence-electron chi connectivity index (χ0n) is 13.1. The first kappa shape index (κ1) is 14.5. The second-order valence-corrected chi connectivity index (χ2v) is 5.93. The van der Waals surface area contributed by atoms with E-state index in [1.54, 1.807) is 12.1 Å². The number of hydrogen-bond acceptors (Lipinski definition) is 3. The first-order valence-electron chi connectivity index (χ1n) is 8.01. The van der Waals surface area contributed by atoms with Gasteiger partial charge < -0.3 is 15.6 Å². The van der Waals surface area contributed by atoms with Gasteiger partial charge in [0.05, 0.1) is 0 Å². The van der Waals surface area contributed by atoms with Crippen LogP contribution in [0, 0.1) is 0 Å². The highest BCUT2D eigenvalue weighted by atomic mass is 16.2. The maximum Gasteiger partial charge on any atom is 0.261 e.